The van der Waals surface area contributed by atoms with E-state index in [4.69, 9.17) is 5.73 Å². The molecule has 1 unspecified atom stereocenters. The molecule has 0 spiro atoms. The zero-order chi connectivity index (χ0) is 14.0. The van der Waals surface area contributed by atoms with Gasteiger partial charge in [0.15, 0.2) is 0 Å². The number of hydrogen-bond donors (Lipinski definition) is 1. The Hall–Kier alpha value is -0.120. The van der Waals surface area contributed by atoms with Gasteiger partial charge in [-0.25, -0.2) is 0 Å². The lowest BCUT2D eigenvalue weighted by Gasteiger charge is -2.43. The Morgan fingerprint density at radius 3 is 2.06 bits per heavy atom. The summed E-state index contributed by atoms with van der Waals surface area (Å²) in [4.78, 5) is 4.88. The highest BCUT2D eigenvalue weighted by molar-refractivity contribution is 4.90. The van der Waals surface area contributed by atoms with Crippen LogP contribution < -0.4 is 5.73 Å². The van der Waals surface area contributed by atoms with Crippen LogP contribution >= 0.6 is 0 Å². The van der Waals surface area contributed by atoms with E-state index in [1.807, 2.05) is 0 Å². The molecule has 0 aromatic rings. The topological polar surface area (TPSA) is 32.5 Å². The van der Waals surface area contributed by atoms with E-state index in [0.29, 0.717) is 0 Å². The third-order valence-electron chi connectivity index (χ3n) is 4.12. The van der Waals surface area contributed by atoms with E-state index in [-0.39, 0.29) is 5.54 Å². The molecular formula is C15H35N3. The van der Waals surface area contributed by atoms with Crippen LogP contribution in [0.3, 0.4) is 0 Å². The van der Waals surface area contributed by atoms with Crippen LogP contribution in [0.15, 0.2) is 0 Å². The Labute approximate surface area is 115 Å². The maximum absolute atomic E-state index is 6.11. The number of nitrogens with two attached hydrogens (primary N) is 1. The summed E-state index contributed by atoms with van der Waals surface area (Å²) in [6.07, 6.45) is 6.19. The summed E-state index contributed by atoms with van der Waals surface area (Å²) in [6, 6.07) is 0. The van der Waals surface area contributed by atoms with E-state index in [9.17, 15) is 0 Å². The maximum Gasteiger partial charge on any atom is 0.0329 e. The van der Waals surface area contributed by atoms with Crippen molar-refractivity contribution < 1.29 is 0 Å². The second-order valence-corrected chi connectivity index (χ2v) is 5.62. The quantitative estimate of drug-likeness (QED) is 0.617. The summed E-state index contributed by atoms with van der Waals surface area (Å²) in [5, 5.41) is 0. The fourth-order valence-electron chi connectivity index (χ4n) is 2.75. The summed E-state index contributed by atoms with van der Waals surface area (Å²) in [6.45, 7) is 11.1. The normalized spacial score (nSPS) is 15.3. The number of hydrogen-bond acceptors (Lipinski definition) is 3. The van der Waals surface area contributed by atoms with Crippen LogP contribution in [0.2, 0.25) is 0 Å². The minimum absolute atomic E-state index is 0.233. The number of likely N-dealkylation sites (N-methyl/N-ethyl adjacent to an activating group) is 1. The van der Waals surface area contributed by atoms with Crippen molar-refractivity contribution in [1.82, 2.24) is 9.80 Å². The smallest absolute Gasteiger partial charge is 0.0329 e. The maximum atomic E-state index is 6.11. The van der Waals surface area contributed by atoms with Gasteiger partial charge in [0.2, 0.25) is 0 Å². The van der Waals surface area contributed by atoms with Gasteiger partial charge in [0.25, 0.3) is 0 Å². The Kier molecular flexibility index (Phi) is 9.70. The summed E-state index contributed by atoms with van der Waals surface area (Å²) in [7, 11) is 4.28. The average molecular weight is 257 g/mol. The molecule has 3 heteroatoms. The van der Waals surface area contributed by atoms with Crippen molar-refractivity contribution >= 4 is 0 Å². The van der Waals surface area contributed by atoms with Gasteiger partial charge in [0.1, 0.15) is 0 Å². The molecule has 0 fully saturated rings. The molecule has 110 valence electrons. The lowest BCUT2D eigenvalue weighted by atomic mass is 9.87. The van der Waals surface area contributed by atoms with E-state index in [1.54, 1.807) is 0 Å². The van der Waals surface area contributed by atoms with Crippen LogP contribution in [0.4, 0.5) is 0 Å². The highest BCUT2D eigenvalue weighted by Crippen LogP contribution is 2.25. The zero-order valence-corrected chi connectivity index (χ0v) is 13.3. The molecule has 0 saturated carbocycles. The molecule has 0 radical (unpaired) electrons. The van der Waals surface area contributed by atoms with E-state index in [2.05, 4.69) is 44.7 Å². The molecule has 0 amide bonds. The van der Waals surface area contributed by atoms with Gasteiger partial charge in [-0.1, -0.05) is 33.6 Å². The first kappa shape index (κ1) is 17.9. The molecule has 18 heavy (non-hydrogen) atoms. The minimum Gasteiger partial charge on any atom is -0.329 e. The average Bonchev–Trinajstić information content (AvgIpc) is 2.37. The van der Waals surface area contributed by atoms with E-state index in [0.717, 1.165) is 19.6 Å². The van der Waals surface area contributed by atoms with Crippen molar-refractivity contribution in [3.8, 4) is 0 Å². The highest BCUT2D eigenvalue weighted by Gasteiger charge is 2.31. The Balaban J connectivity index is 4.49. The fourth-order valence-corrected chi connectivity index (χ4v) is 2.75. The van der Waals surface area contributed by atoms with Crippen LogP contribution in [0.25, 0.3) is 0 Å². The first-order valence-corrected chi connectivity index (χ1v) is 7.66. The molecule has 2 N–H and O–H groups in total. The Morgan fingerprint density at radius 1 is 1.00 bits per heavy atom. The number of nitrogens with zero attached hydrogens (tertiary/aromatic N) is 2. The molecule has 0 heterocycles. The Bertz CT molecular complexity index is 188. The molecule has 3 nitrogen and oxygen atoms in total. The first-order valence-electron chi connectivity index (χ1n) is 7.66. The van der Waals surface area contributed by atoms with E-state index >= 15 is 0 Å². The van der Waals surface area contributed by atoms with E-state index in [1.165, 1.54) is 38.6 Å². The van der Waals surface area contributed by atoms with Crippen molar-refractivity contribution in [2.45, 2.75) is 58.4 Å². The highest BCUT2D eigenvalue weighted by atomic mass is 15.2. The standard InChI is InChI=1S/C15H35N3/c1-6-9-11-15(7-2,14-16)18(8-3)13-10-12-17(4)5/h6-14,16H2,1-5H3. The second-order valence-electron chi connectivity index (χ2n) is 5.62. The Morgan fingerprint density at radius 2 is 1.67 bits per heavy atom. The molecular weight excluding hydrogens is 222 g/mol. The minimum atomic E-state index is 0.233. The molecule has 0 bridgehead atoms. The largest absolute Gasteiger partial charge is 0.329 e. The molecule has 0 rings (SSSR count). The predicted molar refractivity (Wildman–Crippen MR) is 82.0 cm³/mol. The first-order chi connectivity index (χ1) is 8.56. The van der Waals surface area contributed by atoms with Gasteiger partial charge in [-0.05, 0) is 53.0 Å². The van der Waals surface area contributed by atoms with Crippen molar-refractivity contribution in [1.29, 1.82) is 0 Å². The molecule has 0 aliphatic heterocycles. The second kappa shape index (κ2) is 9.76. The SMILES string of the molecule is CCCCC(CC)(CN)N(CC)CCCN(C)C. The van der Waals surface area contributed by atoms with Gasteiger partial charge in [-0.15, -0.1) is 0 Å². The molecule has 0 aliphatic rings. The van der Waals surface area contributed by atoms with Crippen LogP contribution in [0, 0.1) is 0 Å². The summed E-state index contributed by atoms with van der Waals surface area (Å²) in [5.74, 6) is 0. The lowest BCUT2D eigenvalue weighted by Crippen LogP contribution is -2.54. The number of rotatable bonds is 11. The van der Waals surface area contributed by atoms with Gasteiger partial charge in [-0.3, -0.25) is 4.90 Å². The van der Waals surface area contributed by atoms with Gasteiger partial charge in [0.05, 0.1) is 0 Å². The molecule has 0 aromatic carbocycles. The summed E-state index contributed by atoms with van der Waals surface area (Å²) < 4.78 is 0. The van der Waals surface area contributed by atoms with Crippen LogP contribution in [-0.2, 0) is 0 Å². The lowest BCUT2D eigenvalue weighted by molar-refractivity contribution is 0.0801. The van der Waals surface area contributed by atoms with Crippen molar-refractivity contribution in [3.63, 3.8) is 0 Å². The molecule has 1 atom stereocenters. The van der Waals surface area contributed by atoms with Crippen molar-refractivity contribution in [2.24, 2.45) is 5.73 Å². The molecule has 0 aliphatic carbocycles. The van der Waals surface area contributed by atoms with Gasteiger partial charge in [-0.2, -0.15) is 0 Å². The predicted octanol–water partition coefficient (Wildman–Crippen LogP) is 2.56. The number of unbranched alkanes of at least 4 members (excludes halogenated alkanes) is 1. The van der Waals surface area contributed by atoms with Crippen molar-refractivity contribution in [3.05, 3.63) is 0 Å². The van der Waals surface area contributed by atoms with Gasteiger partial charge < -0.3 is 10.6 Å². The van der Waals surface area contributed by atoms with Crippen LogP contribution in [-0.4, -0.2) is 55.6 Å². The third-order valence-corrected chi connectivity index (χ3v) is 4.12. The molecule has 0 saturated heterocycles. The zero-order valence-electron chi connectivity index (χ0n) is 13.3. The van der Waals surface area contributed by atoms with Crippen molar-refractivity contribution in [2.75, 3.05) is 40.3 Å². The summed E-state index contributed by atoms with van der Waals surface area (Å²) >= 11 is 0. The summed E-state index contributed by atoms with van der Waals surface area (Å²) in [5.41, 5.74) is 6.35. The van der Waals surface area contributed by atoms with Crippen LogP contribution in [0.5, 0.6) is 0 Å². The van der Waals surface area contributed by atoms with E-state index < -0.39 is 0 Å². The van der Waals surface area contributed by atoms with Gasteiger partial charge in [0, 0.05) is 12.1 Å². The monoisotopic (exact) mass is 257 g/mol. The molecule has 0 aromatic heterocycles. The van der Waals surface area contributed by atoms with Crippen LogP contribution in [0.1, 0.15) is 52.9 Å². The fraction of sp³-hybridized carbons (Fsp3) is 1.00. The van der Waals surface area contributed by atoms with Gasteiger partial charge >= 0.3 is 0 Å². The third kappa shape index (κ3) is 5.68.